The number of aromatic hydroxyl groups is 1. The lowest BCUT2D eigenvalue weighted by atomic mass is 10.0. The molecule has 6 atom stereocenters. The van der Waals surface area contributed by atoms with E-state index in [1.807, 2.05) is 13.8 Å². The molecule has 0 bridgehead atoms. The molecule has 13 heteroatoms. The fourth-order valence-electron chi connectivity index (χ4n) is 5.71. The number of hydrogen-bond donors (Lipinski definition) is 2. The molecule has 3 aliphatic rings. The summed E-state index contributed by atoms with van der Waals surface area (Å²) in [6.45, 7) is 3.72. The summed E-state index contributed by atoms with van der Waals surface area (Å²) >= 11 is 0. The van der Waals surface area contributed by atoms with Gasteiger partial charge in [-0.3, -0.25) is 14.4 Å². The Morgan fingerprint density at radius 2 is 1.95 bits per heavy atom. The van der Waals surface area contributed by atoms with Gasteiger partial charge in [-0.25, -0.2) is 8.78 Å². The Morgan fingerprint density at radius 1 is 1.24 bits per heavy atom. The molecular weight excluding hydrogens is 517 g/mol. The zero-order valence-electron chi connectivity index (χ0n) is 20.3. The quantitative estimate of drug-likeness (QED) is 0.578. The highest BCUT2D eigenvalue weighted by Gasteiger charge is 2.55. The molecule has 2 aliphatic heterocycles. The lowest BCUT2D eigenvalue weighted by Gasteiger charge is -2.41. The summed E-state index contributed by atoms with van der Waals surface area (Å²) in [4.78, 5) is 40.7. The molecule has 1 saturated carbocycles. The van der Waals surface area contributed by atoms with Crippen molar-refractivity contribution in [2.45, 2.75) is 63.8 Å². The number of pyridine rings is 1. The highest BCUT2D eigenvalue weighted by Crippen LogP contribution is 2.51. The number of nitrogens with zero attached hydrogens (tertiary/aromatic N) is 2. The summed E-state index contributed by atoms with van der Waals surface area (Å²) in [5, 5.41) is 12.2. The van der Waals surface area contributed by atoms with Crippen LogP contribution in [0.4, 0.5) is 22.0 Å². The number of aromatic nitrogens is 1. The molecule has 2 N–H and O–H groups in total. The maximum atomic E-state index is 14.2. The third-order valence-electron chi connectivity index (χ3n) is 7.61. The van der Waals surface area contributed by atoms with Gasteiger partial charge in [-0.1, -0.05) is 13.0 Å². The number of carbonyl (C=O) groups excluding carboxylic acids is 2. The molecule has 204 valence electrons. The number of alkyl halides is 3. The lowest BCUT2D eigenvalue weighted by molar-refractivity contribution is -0.155. The summed E-state index contributed by atoms with van der Waals surface area (Å²) in [6.07, 6.45) is -3.79. The van der Waals surface area contributed by atoms with Crippen molar-refractivity contribution in [1.29, 1.82) is 0 Å². The van der Waals surface area contributed by atoms with Crippen LogP contribution in [0.15, 0.2) is 29.2 Å². The van der Waals surface area contributed by atoms with Crippen LogP contribution in [-0.4, -0.2) is 50.9 Å². The Bertz CT molecular complexity index is 1380. The Labute approximate surface area is 213 Å². The molecule has 3 heterocycles. The number of amides is 2. The van der Waals surface area contributed by atoms with Crippen molar-refractivity contribution < 1.29 is 41.4 Å². The second-order valence-corrected chi connectivity index (χ2v) is 9.88. The minimum absolute atomic E-state index is 0.0786. The molecule has 1 aromatic heterocycles. The molecular formula is C25H24F5N3O5. The smallest absolute Gasteiger partial charge is 0.412 e. The number of carbonyl (C=O) groups is 2. The van der Waals surface area contributed by atoms with E-state index in [0.717, 1.165) is 17.2 Å². The van der Waals surface area contributed by atoms with E-state index >= 15 is 0 Å². The number of rotatable bonds is 4. The molecule has 38 heavy (non-hydrogen) atoms. The van der Waals surface area contributed by atoms with Gasteiger partial charge in [0.1, 0.15) is 17.2 Å². The first-order valence-corrected chi connectivity index (χ1v) is 12.1. The number of ether oxygens (including phenoxy) is 1. The van der Waals surface area contributed by atoms with Crippen molar-refractivity contribution in [3.8, 4) is 5.75 Å². The molecule has 1 aromatic carbocycles. The van der Waals surface area contributed by atoms with Crippen molar-refractivity contribution in [3.05, 3.63) is 63.1 Å². The highest BCUT2D eigenvalue weighted by molar-refractivity contribution is 5.99. The maximum absolute atomic E-state index is 14.2. The van der Waals surface area contributed by atoms with E-state index in [9.17, 15) is 41.4 Å². The van der Waals surface area contributed by atoms with Crippen molar-refractivity contribution in [3.63, 3.8) is 0 Å². The SMILES string of the molecule is CCC1[C@H]2C[C@H]2C(C)O[C@@H]2Cn3cc(C(=O)N[C@@H](c4ccc(F)cc4F)C(F)(F)F)c(=O)c(O)c3C(=O)N12. The first-order valence-electron chi connectivity index (χ1n) is 12.1. The van der Waals surface area contributed by atoms with Crippen molar-refractivity contribution >= 4 is 11.8 Å². The Kier molecular flexibility index (Phi) is 6.24. The van der Waals surface area contributed by atoms with Gasteiger partial charge in [0.25, 0.3) is 11.8 Å². The molecule has 1 saturated heterocycles. The minimum atomic E-state index is -5.21. The zero-order valence-corrected chi connectivity index (χ0v) is 20.3. The summed E-state index contributed by atoms with van der Waals surface area (Å²) in [5.41, 5.74) is -3.71. The fourth-order valence-corrected chi connectivity index (χ4v) is 5.71. The maximum Gasteiger partial charge on any atom is 0.412 e. The van der Waals surface area contributed by atoms with Crippen LogP contribution in [-0.2, 0) is 11.3 Å². The van der Waals surface area contributed by atoms with Crippen LogP contribution < -0.4 is 10.7 Å². The Hall–Kier alpha value is -3.48. The molecule has 2 aromatic rings. The third kappa shape index (κ3) is 4.22. The monoisotopic (exact) mass is 541 g/mol. The van der Waals surface area contributed by atoms with Gasteiger partial charge in [0.15, 0.2) is 23.7 Å². The molecule has 1 aliphatic carbocycles. The predicted octanol–water partition coefficient (Wildman–Crippen LogP) is 3.48. The summed E-state index contributed by atoms with van der Waals surface area (Å²) in [7, 11) is 0. The van der Waals surface area contributed by atoms with Gasteiger partial charge >= 0.3 is 6.18 Å². The first kappa shape index (κ1) is 26.1. The number of benzene rings is 1. The van der Waals surface area contributed by atoms with Crippen LogP contribution in [0.25, 0.3) is 0 Å². The molecule has 0 radical (unpaired) electrons. The van der Waals surface area contributed by atoms with Crippen molar-refractivity contribution in [1.82, 2.24) is 14.8 Å². The summed E-state index contributed by atoms with van der Waals surface area (Å²) in [5.74, 6) is -5.54. The predicted molar refractivity (Wildman–Crippen MR) is 121 cm³/mol. The number of hydrogen-bond acceptors (Lipinski definition) is 5. The van der Waals surface area contributed by atoms with E-state index in [1.165, 1.54) is 4.90 Å². The number of halogens is 5. The third-order valence-corrected chi connectivity index (χ3v) is 7.61. The summed E-state index contributed by atoms with van der Waals surface area (Å²) < 4.78 is 75.9. The van der Waals surface area contributed by atoms with Gasteiger partial charge in [-0.2, -0.15) is 13.2 Å². The van der Waals surface area contributed by atoms with Crippen LogP contribution >= 0.6 is 0 Å². The largest absolute Gasteiger partial charge is 0.503 e. The van der Waals surface area contributed by atoms with Gasteiger partial charge in [0, 0.05) is 23.9 Å². The van der Waals surface area contributed by atoms with Crippen molar-refractivity contribution in [2.75, 3.05) is 0 Å². The molecule has 5 rings (SSSR count). The van der Waals surface area contributed by atoms with E-state index in [4.69, 9.17) is 4.74 Å². The molecule has 8 nitrogen and oxygen atoms in total. The molecule has 2 amide bonds. The van der Waals surface area contributed by atoms with Gasteiger partial charge in [0.05, 0.1) is 12.6 Å². The summed E-state index contributed by atoms with van der Waals surface area (Å²) in [6, 6.07) is -1.74. The lowest BCUT2D eigenvalue weighted by Crippen LogP contribution is -2.55. The normalized spacial score (nSPS) is 27.1. The van der Waals surface area contributed by atoms with E-state index < -0.39 is 69.9 Å². The average molecular weight is 541 g/mol. The minimum Gasteiger partial charge on any atom is -0.503 e. The van der Waals surface area contributed by atoms with Crippen LogP contribution in [0.2, 0.25) is 0 Å². The molecule has 0 spiro atoms. The van der Waals surface area contributed by atoms with Crippen molar-refractivity contribution in [2.24, 2.45) is 11.8 Å². The van der Waals surface area contributed by atoms with Gasteiger partial charge in [0.2, 0.25) is 5.43 Å². The Morgan fingerprint density at radius 3 is 2.58 bits per heavy atom. The second-order valence-electron chi connectivity index (χ2n) is 9.88. The molecule has 2 fully saturated rings. The Balaban J connectivity index is 1.51. The average Bonchev–Trinajstić information content (AvgIpc) is 3.63. The van der Waals surface area contributed by atoms with Crippen LogP contribution in [0.3, 0.4) is 0 Å². The van der Waals surface area contributed by atoms with E-state index in [-0.39, 0.29) is 36.6 Å². The van der Waals surface area contributed by atoms with Crippen LogP contribution in [0, 0.1) is 23.5 Å². The van der Waals surface area contributed by atoms with Crippen LogP contribution in [0.5, 0.6) is 5.75 Å². The number of fused-ring (bicyclic) bond motifs is 3. The van der Waals surface area contributed by atoms with Crippen LogP contribution in [0.1, 0.15) is 59.1 Å². The first-order chi connectivity index (χ1) is 17.8. The van der Waals surface area contributed by atoms with E-state index in [0.29, 0.717) is 18.6 Å². The van der Waals surface area contributed by atoms with Gasteiger partial charge in [-0.05, 0) is 37.7 Å². The van der Waals surface area contributed by atoms with Gasteiger partial charge in [-0.15, -0.1) is 0 Å². The standard InChI is InChI=1S/C25H24F5N3O5/c1-3-17-14-7-13(14)10(2)38-18-9-32-8-15(20(34)21(35)19(32)24(37)33(17)18)23(36)31-22(25(28,29)30)12-5-4-11(26)6-16(12)27/h4-6,8,10,13-14,17-18,22,35H,3,7,9H2,1-2H3,(H,31,36)/t10?,13-,14-,17?,18+,22-/m0/s1. The number of nitrogens with one attached hydrogen (secondary N) is 1. The fraction of sp³-hybridized carbons (Fsp3) is 0.480. The van der Waals surface area contributed by atoms with Gasteiger partial charge < -0.3 is 24.6 Å². The van der Waals surface area contributed by atoms with E-state index in [2.05, 4.69) is 0 Å². The molecule has 2 unspecified atom stereocenters. The highest BCUT2D eigenvalue weighted by atomic mass is 19.4. The van der Waals surface area contributed by atoms with E-state index in [1.54, 1.807) is 5.32 Å². The topological polar surface area (TPSA) is 101 Å². The second kappa shape index (κ2) is 9.07. The zero-order chi connectivity index (χ0) is 27.7.